The van der Waals surface area contributed by atoms with Crippen LogP contribution in [0.15, 0.2) is 34.1 Å². The molecule has 2 heterocycles. The molecular weight excluding hydrogens is 414 g/mol. The van der Waals surface area contributed by atoms with Gasteiger partial charge in [-0.25, -0.2) is 27.1 Å². The summed E-state index contributed by atoms with van der Waals surface area (Å²) in [5.74, 6) is -2.18. The number of allylic oxidation sites excluding steroid dienone is 2. The second-order valence-electron chi connectivity index (χ2n) is 7.41. The topological polar surface area (TPSA) is 100.0 Å². The number of halogens is 2. The van der Waals surface area contributed by atoms with Crippen LogP contribution in [0.25, 0.3) is 16.6 Å². The van der Waals surface area contributed by atoms with Gasteiger partial charge in [-0.2, -0.15) is 0 Å². The molecule has 158 valence electrons. The highest BCUT2D eigenvalue weighted by Gasteiger charge is 2.23. The smallest absolute Gasteiger partial charge is 0.293 e. The molecule has 0 spiro atoms. The highest BCUT2D eigenvalue weighted by atomic mass is 32.2. The molecule has 2 N–H and O–H groups in total. The number of nitrogens with zero attached hydrogens (tertiary/aromatic N) is 3. The van der Waals surface area contributed by atoms with E-state index in [-0.39, 0.29) is 0 Å². The van der Waals surface area contributed by atoms with Crippen molar-refractivity contribution in [3.05, 3.63) is 63.3 Å². The number of imidazole rings is 1. The van der Waals surface area contributed by atoms with Gasteiger partial charge < -0.3 is 0 Å². The van der Waals surface area contributed by atoms with Crippen molar-refractivity contribution in [2.24, 2.45) is 12.2 Å². The van der Waals surface area contributed by atoms with Crippen LogP contribution in [0.5, 0.6) is 0 Å². The van der Waals surface area contributed by atoms with Crippen molar-refractivity contribution in [3.8, 4) is 0 Å². The second-order valence-corrected chi connectivity index (χ2v) is 8.97. The number of aromatic nitrogens is 3. The maximum atomic E-state index is 14.6. The maximum absolute atomic E-state index is 14.6. The minimum atomic E-state index is -4.27. The number of aryl methyl sites for hydroxylation is 2. The van der Waals surface area contributed by atoms with Gasteiger partial charge in [0.1, 0.15) is 11.6 Å². The molecule has 0 unspecified atom stereocenters. The van der Waals surface area contributed by atoms with Gasteiger partial charge in [0.05, 0.1) is 28.7 Å². The van der Waals surface area contributed by atoms with Crippen LogP contribution in [0.4, 0.5) is 8.78 Å². The van der Waals surface area contributed by atoms with Crippen molar-refractivity contribution < 1.29 is 17.2 Å². The van der Waals surface area contributed by atoms with Gasteiger partial charge in [-0.3, -0.25) is 14.1 Å². The Bertz CT molecular complexity index is 1360. The first-order valence-electron chi connectivity index (χ1n) is 9.34. The molecule has 1 aromatic carbocycles. The van der Waals surface area contributed by atoms with E-state index in [1.54, 1.807) is 13.2 Å². The third-order valence-corrected chi connectivity index (χ3v) is 6.38. The molecule has 0 bridgehead atoms. The van der Waals surface area contributed by atoms with Crippen LogP contribution in [-0.2, 0) is 23.6 Å². The van der Waals surface area contributed by atoms with E-state index >= 15 is 0 Å². The van der Waals surface area contributed by atoms with Crippen LogP contribution in [0.1, 0.15) is 36.1 Å². The van der Waals surface area contributed by atoms with Crippen molar-refractivity contribution in [3.63, 3.8) is 0 Å². The van der Waals surface area contributed by atoms with Crippen molar-refractivity contribution in [1.29, 1.82) is 0 Å². The van der Waals surface area contributed by atoms with Gasteiger partial charge in [-0.1, -0.05) is 6.08 Å². The number of benzene rings is 1. The third kappa shape index (κ3) is 3.25. The molecule has 1 aliphatic carbocycles. The largest absolute Gasteiger partial charge is 0.329 e. The second kappa shape index (κ2) is 7.13. The molecule has 4 rings (SSSR count). The highest BCUT2D eigenvalue weighted by molar-refractivity contribution is 7.89. The highest BCUT2D eigenvalue weighted by Crippen LogP contribution is 2.34. The Kier molecular flexibility index (Phi) is 4.86. The van der Waals surface area contributed by atoms with Gasteiger partial charge in [0.25, 0.3) is 0 Å². The van der Waals surface area contributed by atoms with E-state index < -0.39 is 44.4 Å². The van der Waals surface area contributed by atoms with Crippen LogP contribution >= 0.6 is 0 Å². The molecule has 30 heavy (non-hydrogen) atoms. The van der Waals surface area contributed by atoms with Gasteiger partial charge in [-0.15, -0.1) is 0 Å². The Labute approximate surface area is 171 Å². The fourth-order valence-corrected chi connectivity index (χ4v) is 4.50. The number of nitrogens with two attached hydrogens (primary N) is 1. The molecule has 3 aromatic rings. The van der Waals surface area contributed by atoms with Gasteiger partial charge >= 0.3 is 5.69 Å². The lowest BCUT2D eigenvalue weighted by molar-refractivity contribution is 0.533. The SMILES string of the molecule is Cc1ncc2c(c1C1=CCCC1)n(Cc1c(F)cc(S(N)(=O)=O)cc1F)c(=O)n2C. The lowest BCUT2D eigenvalue weighted by atomic mass is 10.0. The zero-order chi connectivity index (χ0) is 21.8. The summed E-state index contributed by atoms with van der Waals surface area (Å²) in [7, 11) is -2.70. The van der Waals surface area contributed by atoms with Crippen molar-refractivity contribution in [2.45, 2.75) is 37.6 Å². The van der Waals surface area contributed by atoms with Crippen LogP contribution < -0.4 is 10.8 Å². The summed E-state index contributed by atoms with van der Waals surface area (Å²) in [6, 6.07) is 1.33. The van der Waals surface area contributed by atoms with Crippen molar-refractivity contribution in [2.75, 3.05) is 0 Å². The molecule has 0 atom stereocenters. The Morgan fingerprint density at radius 2 is 1.90 bits per heavy atom. The van der Waals surface area contributed by atoms with Crippen LogP contribution in [0.3, 0.4) is 0 Å². The Hall–Kier alpha value is -2.85. The third-order valence-electron chi connectivity index (χ3n) is 5.49. The zero-order valence-corrected chi connectivity index (χ0v) is 17.3. The van der Waals surface area contributed by atoms with Crippen LogP contribution in [-0.4, -0.2) is 22.5 Å². The van der Waals surface area contributed by atoms with Gasteiger partial charge in [0.2, 0.25) is 10.0 Å². The van der Waals surface area contributed by atoms with Gasteiger partial charge in [0.15, 0.2) is 0 Å². The minimum absolute atomic E-state index is 0.400. The van der Waals surface area contributed by atoms with E-state index in [1.165, 1.54) is 9.13 Å². The Morgan fingerprint density at radius 1 is 1.23 bits per heavy atom. The molecule has 0 saturated heterocycles. The monoisotopic (exact) mass is 434 g/mol. The summed E-state index contributed by atoms with van der Waals surface area (Å²) in [6.45, 7) is 1.43. The fourth-order valence-electron chi connectivity index (χ4n) is 3.96. The molecular formula is C20H20F2N4O3S. The molecule has 0 saturated carbocycles. The van der Waals surface area contributed by atoms with Crippen molar-refractivity contribution >= 4 is 26.6 Å². The standard InChI is InChI=1S/C20H20F2N4O3S/c1-11-18(12-5-3-4-6-12)19-17(9-24-11)25(2)20(27)26(19)10-14-15(21)7-13(8-16(14)22)30(23,28)29/h5,7-9H,3-4,6,10H2,1-2H3,(H2,23,28,29). The molecule has 2 aromatic heterocycles. The van der Waals surface area contributed by atoms with E-state index in [0.717, 1.165) is 36.1 Å². The summed E-state index contributed by atoms with van der Waals surface area (Å²) in [4.78, 5) is 16.7. The molecule has 0 aliphatic heterocycles. The molecule has 1 aliphatic rings. The molecule has 0 radical (unpaired) electrons. The predicted octanol–water partition coefficient (Wildman–Crippen LogP) is 2.58. The average molecular weight is 434 g/mol. The van der Waals surface area contributed by atoms with E-state index in [2.05, 4.69) is 11.1 Å². The van der Waals surface area contributed by atoms with E-state index in [1.807, 2.05) is 6.92 Å². The number of primary sulfonamides is 1. The minimum Gasteiger partial charge on any atom is -0.293 e. The number of hydrogen-bond donors (Lipinski definition) is 1. The summed E-state index contributed by atoms with van der Waals surface area (Å²) >= 11 is 0. The molecule has 10 heteroatoms. The maximum Gasteiger partial charge on any atom is 0.329 e. The van der Waals surface area contributed by atoms with Gasteiger partial charge in [-0.05, 0) is 43.9 Å². The Balaban J connectivity index is 1.96. The number of fused-ring (bicyclic) bond motifs is 1. The first kappa shape index (κ1) is 20.4. The van der Waals surface area contributed by atoms with E-state index in [9.17, 15) is 22.0 Å². The summed E-state index contributed by atoms with van der Waals surface area (Å²) in [5.41, 5.74) is 2.80. The summed E-state index contributed by atoms with van der Waals surface area (Å²) < 4.78 is 54.8. The predicted molar refractivity (Wildman–Crippen MR) is 108 cm³/mol. The van der Waals surface area contributed by atoms with Crippen molar-refractivity contribution in [1.82, 2.24) is 14.1 Å². The van der Waals surface area contributed by atoms with E-state index in [0.29, 0.717) is 23.2 Å². The van der Waals surface area contributed by atoms with Crippen LogP contribution in [0, 0.1) is 18.6 Å². The number of sulfonamides is 1. The summed E-state index contributed by atoms with van der Waals surface area (Å²) in [5, 5.41) is 4.97. The molecule has 0 fully saturated rings. The zero-order valence-electron chi connectivity index (χ0n) is 16.4. The average Bonchev–Trinajstić information content (AvgIpc) is 3.26. The number of hydrogen-bond acceptors (Lipinski definition) is 4. The lowest BCUT2D eigenvalue weighted by Gasteiger charge is -2.13. The number of rotatable bonds is 4. The molecule has 7 nitrogen and oxygen atoms in total. The normalized spacial score (nSPS) is 14.5. The van der Waals surface area contributed by atoms with Crippen LogP contribution in [0.2, 0.25) is 0 Å². The summed E-state index contributed by atoms with van der Waals surface area (Å²) in [6.07, 6.45) is 6.39. The first-order valence-corrected chi connectivity index (χ1v) is 10.9. The molecule has 0 amide bonds. The Morgan fingerprint density at radius 3 is 2.47 bits per heavy atom. The number of pyridine rings is 1. The first-order chi connectivity index (χ1) is 14.1. The van der Waals surface area contributed by atoms with E-state index in [4.69, 9.17) is 5.14 Å². The van der Waals surface area contributed by atoms with Gasteiger partial charge in [0, 0.05) is 23.9 Å². The quantitative estimate of drug-likeness (QED) is 0.682. The lowest BCUT2D eigenvalue weighted by Crippen LogP contribution is -2.24. The fraction of sp³-hybridized carbons (Fsp3) is 0.300.